The fourth-order valence-electron chi connectivity index (χ4n) is 1.25. The minimum atomic E-state index is -0.255. The second-order valence-electron chi connectivity index (χ2n) is 4.24. The van der Waals surface area contributed by atoms with E-state index in [1.807, 2.05) is 20.2 Å². The zero-order chi connectivity index (χ0) is 11.2. The van der Waals surface area contributed by atoms with Crippen LogP contribution in [0.2, 0.25) is 0 Å². The molecule has 1 unspecified atom stereocenters. The Labute approximate surface area is 88.2 Å². The van der Waals surface area contributed by atoms with Gasteiger partial charge in [0.2, 0.25) is 0 Å². The molecule has 0 saturated heterocycles. The minimum absolute atomic E-state index is 0.255. The first kappa shape index (κ1) is 13.4. The van der Waals surface area contributed by atoms with Crippen molar-refractivity contribution in [2.45, 2.75) is 39.2 Å². The number of hydrogen-bond acceptors (Lipinski definition) is 2. The summed E-state index contributed by atoms with van der Waals surface area (Å²) in [5.41, 5.74) is 1.09. The average Bonchev–Trinajstić information content (AvgIpc) is 2.02. The van der Waals surface area contributed by atoms with Crippen molar-refractivity contribution < 1.29 is 4.84 Å². The van der Waals surface area contributed by atoms with Crippen LogP contribution in [0.25, 0.3) is 0 Å². The first-order chi connectivity index (χ1) is 6.39. The van der Waals surface area contributed by atoms with Crippen molar-refractivity contribution in [2.75, 3.05) is 14.1 Å². The lowest BCUT2D eigenvalue weighted by molar-refractivity contribution is -0.195. The summed E-state index contributed by atoms with van der Waals surface area (Å²) in [7, 11) is 3.78. The summed E-state index contributed by atoms with van der Waals surface area (Å²) in [6.07, 6.45) is 6.07. The Bertz CT molecular complexity index is 204. The van der Waals surface area contributed by atoms with Crippen LogP contribution in [0.1, 0.15) is 33.6 Å². The maximum absolute atomic E-state index is 5.65. The van der Waals surface area contributed by atoms with Gasteiger partial charge in [0, 0.05) is 14.1 Å². The SMILES string of the molecule is C=CC(C)(CCC=C(C)C)ON(C)C. The molecule has 0 aromatic carbocycles. The average molecular weight is 197 g/mol. The van der Waals surface area contributed by atoms with Crippen molar-refractivity contribution in [3.8, 4) is 0 Å². The fraction of sp³-hybridized carbons (Fsp3) is 0.667. The standard InChI is InChI=1S/C12H23NO/c1-7-12(4,14-13(5)6)10-8-9-11(2)3/h7,9H,1,8,10H2,2-6H3. The third kappa shape index (κ3) is 5.95. The summed E-state index contributed by atoms with van der Waals surface area (Å²) in [5.74, 6) is 0. The van der Waals surface area contributed by atoms with Gasteiger partial charge in [-0.15, -0.1) is 6.58 Å². The number of hydroxylamine groups is 2. The first-order valence-corrected chi connectivity index (χ1v) is 5.03. The molecular weight excluding hydrogens is 174 g/mol. The molecule has 0 saturated carbocycles. The highest BCUT2D eigenvalue weighted by atomic mass is 16.7. The quantitative estimate of drug-likeness (QED) is 0.479. The van der Waals surface area contributed by atoms with E-state index in [0.29, 0.717) is 0 Å². The van der Waals surface area contributed by atoms with Crippen molar-refractivity contribution >= 4 is 0 Å². The summed E-state index contributed by atoms with van der Waals surface area (Å²) < 4.78 is 0. The molecule has 0 amide bonds. The number of hydrogen-bond donors (Lipinski definition) is 0. The highest BCUT2D eigenvalue weighted by Crippen LogP contribution is 2.20. The topological polar surface area (TPSA) is 12.5 Å². The van der Waals surface area contributed by atoms with Crippen LogP contribution in [0.5, 0.6) is 0 Å². The maximum atomic E-state index is 5.65. The van der Waals surface area contributed by atoms with Gasteiger partial charge >= 0.3 is 0 Å². The third-order valence-electron chi connectivity index (χ3n) is 2.02. The molecule has 0 aromatic heterocycles. The predicted molar refractivity (Wildman–Crippen MR) is 62.0 cm³/mol. The number of allylic oxidation sites excluding steroid dienone is 2. The molecule has 0 aromatic rings. The zero-order valence-electron chi connectivity index (χ0n) is 10.1. The molecule has 2 nitrogen and oxygen atoms in total. The van der Waals surface area contributed by atoms with Gasteiger partial charge < -0.3 is 0 Å². The van der Waals surface area contributed by atoms with Crippen molar-refractivity contribution in [3.05, 3.63) is 24.3 Å². The molecular formula is C12H23NO. The van der Waals surface area contributed by atoms with Crippen molar-refractivity contribution in [2.24, 2.45) is 0 Å². The van der Waals surface area contributed by atoms with Gasteiger partial charge in [0.1, 0.15) is 5.60 Å². The van der Waals surface area contributed by atoms with Crippen LogP contribution in [0.3, 0.4) is 0 Å². The summed E-state index contributed by atoms with van der Waals surface area (Å²) in [6, 6.07) is 0. The van der Waals surface area contributed by atoms with Gasteiger partial charge in [-0.1, -0.05) is 17.7 Å². The van der Waals surface area contributed by atoms with Gasteiger partial charge in [-0.2, -0.15) is 5.06 Å². The summed E-state index contributed by atoms with van der Waals surface area (Å²) >= 11 is 0. The van der Waals surface area contributed by atoms with Crippen LogP contribution in [0, 0.1) is 0 Å². The van der Waals surface area contributed by atoms with E-state index >= 15 is 0 Å². The Kier molecular flexibility index (Phi) is 5.73. The molecule has 0 N–H and O–H groups in total. The Morgan fingerprint density at radius 1 is 1.43 bits per heavy atom. The molecule has 0 aliphatic carbocycles. The van der Waals surface area contributed by atoms with Crippen molar-refractivity contribution in [1.82, 2.24) is 5.06 Å². The molecule has 0 aliphatic rings. The molecule has 0 aliphatic heterocycles. The first-order valence-electron chi connectivity index (χ1n) is 5.03. The second kappa shape index (κ2) is 5.99. The fourth-order valence-corrected chi connectivity index (χ4v) is 1.25. The van der Waals surface area contributed by atoms with E-state index in [0.717, 1.165) is 12.8 Å². The predicted octanol–water partition coefficient (Wildman–Crippen LogP) is 3.17. The van der Waals surface area contributed by atoms with Crippen molar-refractivity contribution in [3.63, 3.8) is 0 Å². The summed E-state index contributed by atoms with van der Waals surface area (Å²) in [6.45, 7) is 10.1. The van der Waals surface area contributed by atoms with Crippen LogP contribution < -0.4 is 0 Å². The molecule has 2 heteroatoms. The molecule has 0 rings (SSSR count). The van der Waals surface area contributed by atoms with Crippen LogP contribution in [0.4, 0.5) is 0 Å². The normalized spacial score (nSPS) is 15.0. The third-order valence-corrected chi connectivity index (χ3v) is 2.02. The lowest BCUT2D eigenvalue weighted by Gasteiger charge is -2.28. The number of nitrogens with zero attached hydrogens (tertiary/aromatic N) is 1. The smallest absolute Gasteiger partial charge is 0.105 e. The van der Waals surface area contributed by atoms with Gasteiger partial charge in [0.15, 0.2) is 0 Å². The van der Waals surface area contributed by atoms with E-state index in [4.69, 9.17) is 4.84 Å². The largest absolute Gasteiger partial charge is 0.289 e. The van der Waals surface area contributed by atoms with Crippen LogP contribution in [-0.2, 0) is 4.84 Å². The highest BCUT2D eigenvalue weighted by Gasteiger charge is 2.21. The summed E-state index contributed by atoms with van der Waals surface area (Å²) in [4.78, 5) is 5.65. The monoisotopic (exact) mass is 197 g/mol. The summed E-state index contributed by atoms with van der Waals surface area (Å²) in [5, 5.41) is 1.73. The van der Waals surface area contributed by atoms with E-state index in [2.05, 4.69) is 33.4 Å². The van der Waals surface area contributed by atoms with Crippen LogP contribution in [0.15, 0.2) is 24.3 Å². The van der Waals surface area contributed by atoms with E-state index in [1.54, 1.807) is 5.06 Å². The van der Waals surface area contributed by atoms with Crippen molar-refractivity contribution in [1.29, 1.82) is 0 Å². The molecule has 0 bridgehead atoms. The van der Waals surface area contributed by atoms with Gasteiger partial charge in [0.25, 0.3) is 0 Å². The molecule has 0 radical (unpaired) electrons. The molecule has 0 heterocycles. The highest BCUT2D eigenvalue weighted by molar-refractivity contribution is 4.98. The van der Waals surface area contributed by atoms with E-state index in [9.17, 15) is 0 Å². The van der Waals surface area contributed by atoms with Gasteiger partial charge in [-0.25, -0.2) is 0 Å². The van der Waals surface area contributed by atoms with E-state index < -0.39 is 0 Å². The van der Waals surface area contributed by atoms with E-state index in [1.165, 1.54) is 5.57 Å². The molecule has 0 fully saturated rings. The lowest BCUT2D eigenvalue weighted by Crippen LogP contribution is -2.32. The maximum Gasteiger partial charge on any atom is 0.105 e. The van der Waals surface area contributed by atoms with E-state index in [-0.39, 0.29) is 5.60 Å². The Hall–Kier alpha value is -0.600. The second-order valence-corrected chi connectivity index (χ2v) is 4.24. The van der Waals surface area contributed by atoms with Crippen LogP contribution >= 0.6 is 0 Å². The Balaban J connectivity index is 4.12. The number of rotatable bonds is 6. The van der Waals surface area contributed by atoms with Crippen LogP contribution in [-0.4, -0.2) is 24.8 Å². The van der Waals surface area contributed by atoms with Gasteiger partial charge in [0.05, 0.1) is 0 Å². The Morgan fingerprint density at radius 3 is 2.36 bits per heavy atom. The van der Waals surface area contributed by atoms with Gasteiger partial charge in [-0.05, 0) is 33.6 Å². The van der Waals surface area contributed by atoms with Gasteiger partial charge in [-0.3, -0.25) is 4.84 Å². The molecule has 82 valence electrons. The molecule has 14 heavy (non-hydrogen) atoms. The lowest BCUT2D eigenvalue weighted by atomic mass is 10.00. The molecule has 0 spiro atoms. The Morgan fingerprint density at radius 2 is 2.00 bits per heavy atom. The molecule has 1 atom stereocenters. The zero-order valence-corrected chi connectivity index (χ0v) is 10.1. The minimum Gasteiger partial charge on any atom is -0.289 e.